The van der Waals surface area contributed by atoms with Crippen LogP contribution < -0.4 is 0 Å². The number of hydrogen-bond donors (Lipinski definition) is 0. The topological polar surface area (TPSA) is 37.4 Å². The first-order chi connectivity index (χ1) is 8.24. The van der Waals surface area contributed by atoms with Crippen LogP contribution in [0, 0.1) is 0 Å². The molecule has 3 nitrogen and oxygen atoms in total. The second kappa shape index (κ2) is 3.74. The fourth-order valence-corrected chi connectivity index (χ4v) is 3.14. The van der Waals surface area contributed by atoms with Gasteiger partial charge in [-0.25, -0.2) is 0 Å². The van der Waals surface area contributed by atoms with Crippen molar-refractivity contribution in [3.63, 3.8) is 0 Å². The van der Waals surface area contributed by atoms with Crippen LogP contribution in [-0.2, 0) is 4.79 Å². The van der Waals surface area contributed by atoms with Crippen molar-refractivity contribution in [2.75, 3.05) is 12.8 Å². The van der Waals surface area contributed by atoms with E-state index in [9.17, 15) is 9.59 Å². The third kappa shape index (κ3) is 1.37. The number of ketones is 1. The highest BCUT2D eigenvalue weighted by Crippen LogP contribution is 2.40. The quantitative estimate of drug-likeness (QED) is 0.760. The Morgan fingerprint density at radius 2 is 1.88 bits per heavy atom. The highest BCUT2D eigenvalue weighted by molar-refractivity contribution is 8.03. The molecule has 1 aromatic carbocycles. The third-order valence-electron chi connectivity index (χ3n) is 3.16. The molecule has 0 bridgehead atoms. The van der Waals surface area contributed by atoms with Crippen molar-refractivity contribution >= 4 is 29.1 Å². The Morgan fingerprint density at radius 1 is 1.18 bits per heavy atom. The van der Waals surface area contributed by atoms with Gasteiger partial charge in [0.15, 0.2) is 5.78 Å². The van der Waals surface area contributed by atoms with Gasteiger partial charge in [-0.1, -0.05) is 18.2 Å². The molecule has 1 aromatic rings. The van der Waals surface area contributed by atoms with Gasteiger partial charge >= 0.3 is 0 Å². The van der Waals surface area contributed by atoms with E-state index in [1.165, 1.54) is 11.8 Å². The number of hydrogen-bond acceptors (Lipinski definition) is 3. The van der Waals surface area contributed by atoms with E-state index in [2.05, 4.69) is 0 Å². The van der Waals surface area contributed by atoms with Gasteiger partial charge in [-0.3, -0.25) is 9.59 Å². The summed E-state index contributed by atoms with van der Waals surface area (Å²) in [7, 11) is 0. The molecule has 3 rings (SSSR count). The second-order valence-electron chi connectivity index (χ2n) is 4.06. The summed E-state index contributed by atoms with van der Waals surface area (Å²) in [6.07, 6.45) is 2.31. The van der Waals surface area contributed by atoms with E-state index < -0.39 is 0 Å². The molecule has 0 saturated heterocycles. The predicted molar refractivity (Wildman–Crippen MR) is 67.5 cm³/mol. The van der Waals surface area contributed by atoms with E-state index >= 15 is 0 Å². The Hall–Kier alpha value is -1.55. The molecule has 2 heterocycles. The van der Waals surface area contributed by atoms with Gasteiger partial charge in [0.05, 0.1) is 10.6 Å². The van der Waals surface area contributed by atoms with Gasteiger partial charge in [-0.05, 0) is 12.3 Å². The van der Waals surface area contributed by atoms with E-state index in [1.54, 1.807) is 4.90 Å². The van der Waals surface area contributed by atoms with Crippen molar-refractivity contribution in [2.45, 2.75) is 6.42 Å². The number of rotatable bonds is 1. The molecule has 86 valence electrons. The number of benzene rings is 1. The zero-order chi connectivity index (χ0) is 12.0. The van der Waals surface area contributed by atoms with Gasteiger partial charge in [-0.2, -0.15) is 0 Å². The number of carbonyl (C=O) groups excluding carboxylic acids is 2. The third-order valence-corrected chi connectivity index (χ3v) is 3.99. The fourth-order valence-electron chi connectivity index (χ4n) is 2.40. The minimum atomic E-state index is 0.0228. The molecule has 0 atom stereocenters. The van der Waals surface area contributed by atoms with Gasteiger partial charge in [0.2, 0.25) is 0 Å². The van der Waals surface area contributed by atoms with Gasteiger partial charge in [-0.15, -0.1) is 11.8 Å². The summed E-state index contributed by atoms with van der Waals surface area (Å²) >= 11 is 1.43. The molecule has 0 N–H and O–H groups in total. The average Bonchev–Trinajstić information content (AvgIpc) is 2.64. The summed E-state index contributed by atoms with van der Waals surface area (Å²) in [6, 6.07) is 7.50. The summed E-state index contributed by atoms with van der Waals surface area (Å²) in [5.41, 5.74) is 2.42. The van der Waals surface area contributed by atoms with Crippen LogP contribution in [0.2, 0.25) is 0 Å². The molecule has 0 radical (unpaired) electrons. The maximum Gasteiger partial charge on any atom is 0.259 e. The van der Waals surface area contributed by atoms with Crippen molar-refractivity contribution in [2.24, 2.45) is 0 Å². The average molecular weight is 245 g/mol. The lowest BCUT2D eigenvalue weighted by Crippen LogP contribution is -2.31. The number of Topliss-reactive ketones (excluding diaryl/α,β-unsaturated/α-hetero) is 1. The van der Waals surface area contributed by atoms with E-state index in [0.29, 0.717) is 18.5 Å². The van der Waals surface area contributed by atoms with Crippen LogP contribution in [0.15, 0.2) is 29.2 Å². The molecule has 2 aliphatic rings. The van der Waals surface area contributed by atoms with Crippen LogP contribution in [0.1, 0.15) is 22.3 Å². The Morgan fingerprint density at radius 3 is 2.59 bits per heavy atom. The molecule has 0 aliphatic carbocycles. The lowest BCUT2D eigenvalue weighted by atomic mass is 10.1. The fraction of sp³-hybridized carbons (Fsp3) is 0.231. The molecule has 4 heteroatoms. The van der Waals surface area contributed by atoms with Gasteiger partial charge < -0.3 is 4.90 Å². The van der Waals surface area contributed by atoms with E-state index in [0.717, 1.165) is 16.2 Å². The molecule has 2 aliphatic heterocycles. The monoisotopic (exact) mass is 245 g/mol. The standard InChI is InChI=1S/C13H11NO2S/c1-17-12-10(15)6-7-14-11(12)8-4-2-3-5-9(8)13(14)16/h2-5H,6-7H2,1H3. The van der Waals surface area contributed by atoms with E-state index in [1.807, 2.05) is 30.5 Å². The van der Waals surface area contributed by atoms with Crippen LogP contribution in [0.5, 0.6) is 0 Å². The molecule has 1 amide bonds. The number of thioether (sulfide) groups is 1. The van der Waals surface area contributed by atoms with Crippen LogP contribution in [-0.4, -0.2) is 29.4 Å². The first kappa shape index (κ1) is 10.6. The Labute approximate surface area is 103 Å². The number of fused-ring (bicyclic) bond motifs is 3. The van der Waals surface area contributed by atoms with Crippen molar-refractivity contribution in [1.82, 2.24) is 4.90 Å². The van der Waals surface area contributed by atoms with Crippen LogP contribution >= 0.6 is 11.8 Å². The summed E-state index contributed by atoms with van der Waals surface area (Å²) in [5.74, 6) is 0.169. The Balaban J connectivity index is 2.29. The first-order valence-electron chi connectivity index (χ1n) is 5.46. The Kier molecular flexibility index (Phi) is 2.33. The van der Waals surface area contributed by atoms with Gasteiger partial charge in [0.25, 0.3) is 5.91 Å². The summed E-state index contributed by atoms with van der Waals surface area (Å²) < 4.78 is 0. The Bertz CT molecular complexity index is 562. The molecule has 0 spiro atoms. The first-order valence-corrected chi connectivity index (χ1v) is 6.69. The highest BCUT2D eigenvalue weighted by Gasteiger charge is 2.38. The predicted octanol–water partition coefficient (Wildman–Crippen LogP) is 2.15. The van der Waals surface area contributed by atoms with Crippen molar-refractivity contribution in [3.8, 4) is 0 Å². The lowest BCUT2D eigenvalue weighted by molar-refractivity contribution is -0.115. The van der Waals surface area contributed by atoms with Gasteiger partial charge in [0, 0.05) is 24.1 Å². The van der Waals surface area contributed by atoms with Crippen LogP contribution in [0.3, 0.4) is 0 Å². The second-order valence-corrected chi connectivity index (χ2v) is 4.87. The van der Waals surface area contributed by atoms with Gasteiger partial charge in [0.1, 0.15) is 0 Å². The molecule has 0 saturated carbocycles. The smallest absolute Gasteiger partial charge is 0.259 e. The van der Waals surface area contributed by atoms with Crippen molar-refractivity contribution in [3.05, 3.63) is 40.3 Å². The minimum Gasteiger partial charge on any atom is -0.306 e. The summed E-state index contributed by atoms with van der Waals surface area (Å²) in [5, 5.41) is 0. The normalized spacial score (nSPS) is 18.5. The van der Waals surface area contributed by atoms with E-state index in [-0.39, 0.29) is 11.7 Å². The summed E-state index contributed by atoms with van der Waals surface area (Å²) in [6.45, 7) is 0.506. The number of nitrogens with zero attached hydrogens (tertiary/aromatic N) is 1. The lowest BCUT2D eigenvalue weighted by Gasteiger charge is -2.25. The molecule has 0 fully saturated rings. The van der Waals surface area contributed by atoms with Crippen molar-refractivity contribution < 1.29 is 9.59 Å². The minimum absolute atomic E-state index is 0.0228. The zero-order valence-electron chi connectivity index (χ0n) is 9.40. The van der Waals surface area contributed by atoms with E-state index in [4.69, 9.17) is 0 Å². The maximum atomic E-state index is 12.2. The summed E-state index contributed by atoms with van der Waals surface area (Å²) in [4.78, 5) is 26.5. The maximum absolute atomic E-state index is 12.2. The number of carbonyl (C=O) groups is 2. The number of allylic oxidation sites excluding steroid dienone is 1. The zero-order valence-corrected chi connectivity index (χ0v) is 10.2. The molecular formula is C13H11NO2S. The molecule has 0 aromatic heterocycles. The molecular weight excluding hydrogens is 234 g/mol. The van der Waals surface area contributed by atoms with Crippen LogP contribution in [0.4, 0.5) is 0 Å². The van der Waals surface area contributed by atoms with Crippen LogP contribution in [0.25, 0.3) is 5.70 Å². The van der Waals surface area contributed by atoms with Crippen molar-refractivity contribution in [1.29, 1.82) is 0 Å². The largest absolute Gasteiger partial charge is 0.306 e. The SMILES string of the molecule is CSC1=C2c3ccccc3C(=O)N2CCC1=O. The molecule has 0 unspecified atom stereocenters. The molecule has 17 heavy (non-hydrogen) atoms. The highest BCUT2D eigenvalue weighted by atomic mass is 32.2. The number of amides is 1.